The Morgan fingerprint density at radius 3 is 2.94 bits per heavy atom. The molecule has 16 heavy (non-hydrogen) atoms. The highest BCUT2D eigenvalue weighted by Crippen LogP contribution is 2.12. The molecule has 3 atom stereocenters. The summed E-state index contributed by atoms with van der Waals surface area (Å²) in [5, 5.41) is 3.60. The van der Waals surface area contributed by atoms with Crippen LogP contribution in [-0.4, -0.2) is 53.3 Å². The number of nitrogens with zero attached hydrogens (tertiary/aromatic N) is 1. The molecule has 0 radical (unpaired) electrons. The molecule has 1 aliphatic rings. The van der Waals surface area contributed by atoms with E-state index in [1.807, 2.05) is 0 Å². The molecule has 0 spiro atoms. The first kappa shape index (κ1) is 14.1. The lowest BCUT2D eigenvalue weighted by atomic mass is 9.97. The highest BCUT2D eigenvalue weighted by atomic mass is 32.2. The van der Waals surface area contributed by atoms with Crippen molar-refractivity contribution >= 4 is 10.8 Å². The van der Waals surface area contributed by atoms with Crippen LogP contribution in [0, 0.1) is 5.92 Å². The van der Waals surface area contributed by atoms with Gasteiger partial charge in [-0.3, -0.25) is 4.21 Å². The highest BCUT2D eigenvalue weighted by Gasteiger charge is 2.22. The molecule has 0 aromatic carbocycles. The molecule has 1 fully saturated rings. The summed E-state index contributed by atoms with van der Waals surface area (Å²) in [6, 6.07) is 0.644. The van der Waals surface area contributed by atoms with Crippen molar-refractivity contribution < 1.29 is 4.21 Å². The van der Waals surface area contributed by atoms with Gasteiger partial charge in [0, 0.05) is 48.5 Å². The molecule has 3 unspecified atom stereocenters. The van der Waals surface area contributed by atoms with Crippen LogP contribution in [0.5, 0.6) is 0 Å². The predicted octanol–water partition coefficient (Wildman–Crippen LogP) is 1.07. The quantitative estimate of drug-likeness (QED) is 0.761. The van der Waals surface area contributed by atoms with Crippen LogP contribution in [0.15, 0.2) is 0 Å². The van der Waals surface area contributed by atoms with Crippen molar-refractivity contribution in [3.05, 3.63) is 0 Å². The zero-order valence-electron chi connectivity index (χ0n) is 10.9. The lowest BCUT2D eigenvalue weighted by Gasteiger charge is -2.36. The van der Waals surface area contributed by atoms with Gasteiger partial charge >= 0.3 is 0 Å². The van der Waals surface area contributed by atoms with Crippen LogP contribution in [0.25, 0.3) is 0 Å². The monoisotopic (exact) mass is 246 g/mol. The van der Waals surface area contributed by atoms with E-state index in [9.17, 15) is 4.21 Å². The maximum absolute atomic E-state index is 11.0. The maximum Gasteiger partial charge on any atom is 0.0244 e. The third kappa shape index (κ3) is 4.93. The number of piperazine rings is 1. The summed E-state index contributed by atoms with van der Waals surface area (Å²) < 4.78 is 11.0. The summed E-state index contributed by atoms with van der Waals surface area (Å²) in [4.78, 5) is 2.51. The molecule has 1 N–H and O–H groups in total. The minimum Gasteiger partial charge on any atom is -0.311 e. The fraction of sp³-hybridized carbons (Fsp3) is 1.00. The van der Waals surface area contributed by atoms with Crippen molar-refractivity contribution in [2.24, 2.45) is 5.92 Å². The molecule has 0 aromatic rings. The van der Waals surface area contributed by atoms with Gasteiger partial charge in [-0.05, 0) is 18.9 Å². The van der Waals surface area contributed by atoms with Gasteiger partial charge in [0.25, 0.3) is 0 Å². The van der Waals surface area contributed by atoms with Crippen LogP contribution in [-0.2, 0) is 10.8 Å². The molecule has 0 aromatic heterocycles. The second-order valence-electron chi connectivity index (χ2n) is 4.88. The third-order valence-electron chi connectivity index (χ3n) is 3.53. The fourth-order valence-electron chi connectivity index (χ4n) is 2.20. The van der Waals surface area contributed by atoms with Crippen molar-refractivity contribution in [1.29, 1.82) is 0 Å². The molecule has 1 aliphatic heterocycles. The number of hydrogen-bond donors (Lipinski definition) is 1. The van der Waals surface area contributed by atoms with Gasteiger partial charge in [0.1, 0.15) is 0 Å². The predicted molar refractivity (Wildman–Crippen MR) is 71.2 cm³/mol. The summed E-state index contributed by atoms with van der Waals surface area (Å²) in [7, 11) is -0.631. The second-order valence-corrected chi connectivity index (χ2v) is 6.43. The average Bonchev–Trinajstić information content (AvgIpc) is 2.28. The molecule has 0 saturated carbocycles. The van der Waals surface area contributed by atoms with Gasteiger partial charge in [0.05, 0.1) is 0 Å². The van der Waals surface area contributed by atoms with Gasteiger partial charge in [0.2, 0.25) is 0 Å². The van der Waals surface area contributed by atoms with Crippen LogP contribution in [0.1, 0.15) is 26.7 Å². The second kappa shape index (κ2) is 7.41. The minimum atomic E-state index is -0.631. The lowest BCUT2D eigenvalue weighted by molar-refractivity contribution is 0.169. The maximum atomic E-state index is 11.0. The summed E-state index contributed by atoms with van der Waals surface area (Å²) in [5.74, 6) is 1.60. The molecule has 4 heteroatoms. The topological polar surface area (TPSA) is 32.3 Å². The van der Waals surface area contributed by atoms with E-state index in [1.165, 1.54) is 6.42 Å². The summed E-state index contributed by atoms with van der Waals surface area (Å²) in [6.45, 7) is 9.08. The highest BCUT2D eigenvalue weighted by molar-refractivity contribution is 7.84. The molecular weight excluding hydrogens is 220 g/mol. The van der Waals surface area contributed by atoms with Crippen LogP contribution in [0.3, 0.4) is 0 Å². The summed E-state index contributed by atoms with van der Waals surface area (Å²) in [6.07, 6.45) is 4.10. The fourth-order valence-corrected chi connectivity index (χ4v) is 2.74. The summed E-state index contributed by atoms with van der Waals surface area (Å²) >= 11 is 0. The molecule has 1 saturated heterocycles. The Balaban J connectivity index is 2.24. The van der Waals surface area contributed by atoms with E-state index in [-0.39, 0.29) is 0 Å². The van der Waals surface area contributed by atoms with E-state index in [4.69, 9.17) is 0 Å². The molecular formula is C12H26N2OS. The zero-order valence-corrected chi connectivity index (χ0v) is 11.7. The minimum absolute atomic E-state index is 0.631. The SMILES string of the molecule is CCC(C)C1CN(CCCS(C)=O)CCN1. The molecule has 0 amide bonds. The van der Waals surface area contributed by atoms with E-state index < -0.39 is 10.8 Å². The zero-order chi connectivity index (χ0) is 12.0. The molecule has 96 valence electrons. The van der Waals surface area contributed by atoms with E-state index in [0.717, 1.165) is 44.3 Å². The number of hydrogen-bond acceptors (Lipinski definition) is 3. The first-order valence-electron chi connectivity index (χ1n) is 6.39. The van der Waals surface area contributed by atoms with E-state index in [0.29, 0.717) is 6.04 Å². The van der Waals surface area contributed by atoms with Crippen molar-refractivity contribution in [2.75, 3.05) is 38.2 Å². The standard InChI is InChI=1S/C12H26N2OS/c1-4-11(2)12-10-14(8-6-13-12)7-5-9-16(3)15/h11-13H,4-10H2,1-3H3. The summed E-state index contributed by atoms with van der Waals surface area (Å²) in [5.41, 5.74) is 0. The molecule has 0 aliphatic carbocycles. The number of rotatable bonds is 6. The Bertz CT molecular complexity index is 223. The van der Waals surface area contributed by atoms with Gasteiger partial charge in [-0.25, -0.2) is 0 Å². The third-order valence-corrected chi connectivity index (χ3v) is 4.39. The lowest BCUT2D eigenvalue weighted by Crippen LogP contribution is -2.53. The number of nitrogens with one attached hydrogen (secondary N) is 1. The smallest absolute Gasteiger partial charge is 0.0244 e. The Morgan fingerprint density at radius 2 is 2.31 bits per heavy atom. The van der Waals surface area contributed by atoms with Crippen LogP contribution in [0.2, 0.25) is 0 Å². The van der Waals surface area contributed by atoms with E-state index in [1.54, 1.807) is 6.26 Å². The van der Waals surface area contributed by atoms with Gasteiger partial charge in [-0.1, -0.05) is 20.3 Å². The van der Waals surface area contributed by atoms with Crippen LogP contribution in [0.4, 0.5) is 0 Å². The van der Waals surface area contributed by atoms with Gasteiger partial charge in [-0.2, -0.15) is 0 Å². The molecule has 1 heterocycles. The van der Waals surface area contributed by atoms with E-state index >= 15 is 0 Å². The van der Waals surface area contributed by atoms with Gasteiger partial charge in [0.15, 0.2) is 0 Å². The van der Waals surface area contributed by atoms with Crippen LogP contribution >= 0.6 is 0 Å². The largest absolute Gasteiger partial charge is 0.311 e. The van der Waals surface area contributed by atoms with E-state index in [2.05, 4.69) is 24.1 Å². The van der Waals surface area contributed by atoms with Gasteiger partial charge in [-0.15, -0.1) is 0 Å². The molecule has 0 bridgehead atoms. The average molecular weight is 246 g/mol. The first-order valence-corrected chi connectivity index (χ1v) is 8.12. The van der Waals surface area contributed by atoms with Crippen molar-refractivity contribution in [2.45, 2.75) is 32.7 Å². The Labute approximate surface area is 102 Å². The van der Waals surface area contributed by atoms with Gasteiger partial charge < -0.3 is 10.2 Å². The van der Waals surface area contributed by atoms with Crippen molar-refractivity contribution in [3.63, 3.8) is 0 Å². The Hall–Kier alpha value is 0.0700. The molecule has 1 rings (SSSR count). The van der Waals surface area contributed by atoms with Crippen molar-refractivity contribution in [1.82, 2.24) is 10.2 Å². The van der Waals surface area contributed by atoms with Crippen molar-refractivity contribution in [3.8, 4) is 0 Å². The molecule has 3 nitrogen and oxygen atoms in total. The Morgan fingerprint density at radius 1 is 1.56 bits per heavy atom. The Kier molecular flexibility index (Phi) is 6.54. The van der Waals surface area contributed by atoms with Crippen LogP contribution < -0.4 is 5.32 Å². The first-order chi connectivity index (χ1) is 7.63. The normalized spacial score (nSPS) is 26.6.